The lowest BCUT2D eigenvalue weighted by Gasteiger charge is -2.13. The van der Waals surface area contributed by atoms with Crippen molar-refractivity contribution in [3.05, 3.63) is 24.3 Å². The van der Waals surface area contributed by atoms with Crippen LogP contribution in [0, 0.1) is 11.8 Å². The number of hydrogen-bond donors (Lipinski definition) is 0. The van der Waals surface area contributed by atoms with E-state index in [2.05, 4.69) is 9.97 Å². The molecule has 0 saturated heterocycles. The van der Waals surface area contributed by atoms with Gasteiger partial charge in [-0.3, -0.25) is 4.79 Å². The predicted molar refractivity (Wildman–Crippen MR) is 50.4 cm³/mol. The van der Waals surface area contributed by atoms with Crippen molar-refractivity contribution in [1.29, 1.82) is 0 Å². The fraction of sp³-hybridized carbons (Fsp3) is 0.500. The first-order chi connectivity index (χ1) is 6.13. The Morgan fingerprint density at radius 1 is 1.23 bits per heavy atom. The van der Waals surface area contributed by atoms with Crippen molar-refractivity contribution in [3.8, 4) is 0 Å². The van der Waals surface area contributed by atoms with E-state index in [4.69, 9.17) is 0 Å². The van der Waals surface area contributed by atoms with Crippen LogP contribution in [-0.2, 0) is 0 Å². The van der Waals surface area contributed by atoms with E-state index in [1.165, 1.54) is 6.33 Å². The van der Waals surface area contributed by atoms with Crippen LogP contribution in [0.15, 0.2) is 18.7 Å². The van der Waals surface area contributed by atoms with Gasteiger partial charge in [-0.25, -0.2) is 9.97 Å². The van der Waals surface area contributed by atoms with Crippen LogP contribution in [0.5, 0.6) is 0 Å². The fourth-order valence-corrected chi connectivity index (χ4v) is 0.992. The Balaban J connectivity index is 2.80. The molecule has 0 aliphatic rings. The van der Waals surface area contributed by atoms with Gasteiger partial charge in [0.1, 0.15) is 6.33 Å². The molecule has 0 radical (unpaired) electrons. The maximum atomic E-state index is 11.7. The number of carbonyl (C=O) groups excluding carboxylic acids is 1. The topological polar surface area (TPSA) is 42.9 Å². The molecule has 1 heterocycles. The lowest BCUT2D eigenvalue weighted by atomic mass is 9.91. The lowest BCUT2D eigenvalue weighted by Crippen LogP contribution is -2.17. The Labute approximate surface area is 78.2 Å². The summed E-state index contributed by atoms with van der Waals surface area (Å²) >= 11 is 0. The molecule has 0 unspecified atom stereocenters. The molecule has 1 rings (SSSR count). The van der Waals surface area contributed by atoms with Crippen LogP contribution in [-0.4, -0.2) is 15.8 Å². The van der Waals surface area contributed by atoms with Gasteiger partial charge in [0.15, 0.2) is 5.78 Å². The van der Waals surface area contributed by atoms with E-state index < -0.39 is 0 Å². The van der Waals surface area contributed by atoms with Crippen LogP contribution in [0.1, 0.15) is 31.1 Å². The van der Waals surface area contributed by atoms with Gasteiger partial charge in [-0.05, 0) is 5.92 Å². The van der Waals surface area contributed by atoms with Crippen molar-refractivity contribution < 1.29 is 4.79 Å². The van der Waals surface area contributed by atoms with Gasteiger partial charge in [0.05, 0.1) is 5.56 Å². The highest BCUT2D eigenvalue weighted by Gasteiger charge is 2.18. The molecule has 0 aromatic carbocycles. The zero-order valence-corrected chi connectivity index (χ0v) is 8.19. The first kappa shape index (κ1) is 9.84. The van der Waals surface area contributed by atoms with E-state index in [0.717, 1.165) is 0 Å². The standard InChI is InChI=1S/C10H14N2O/c1-7(2)8(3)10(13)9-4-11-6-12-5-9/h4-8H,1-3H3/t8-/m1/s1. The molecule has 1 atom stereocenters. The highest BCUT2D eigenvalue weighted by Crippen LogP contribution is 2.15. The normalized spacial score (nSPS) is 12.9. The van der Waals surface area contributed by atoms with Crippen molar-refractivity contribution in [2.75, 3.05) is 0 Å². The number of rotatable bonds is 3. The molecule has 3 nitrogen and oxygen atoms in total. The van der Waals surface area contributed by atoms with Gasteiger partial charge in [-0.1, -0.05) is 20.8 Å². The molecule has 70 valence electrons. The number of ketones is 1. The summed E-state index contributed by atoms with van der Waals surface area (Å²) in [5, 5.41) is 0. The average Bonchev–Trinajstić information content (AvgIpc) is 2.17. The summed E-state index contributed by atoms with van der Waals surface area (Å²) in [6.07, 6.45) is 4.55. The van der Waals surface area contributed by atoms with Crippen LogP contribution in [0.3, 0.4) is 0 Å². The highest BCUT2D eigenvalue weighted by atomic mass is 16.1. The van der Waals surface area contributed by atoms with E-state index in [1.54, 1.807) is 12.4 Å². The maximum Gasteiger partial charge on any atom is 0.169 e. The Morgan fingerprint density at radius 2 is 1.77 bits per heavy atom. The molecule has 0 N–H and O–H groups in total. The van der Waals surface area contributed by atoms with Crippen LogP contribution < -0.4 is 0 Å². The zero-order valence-electron chi connectivity index (χ0n) is 8.19. The monoisotopic (exact) mass is 178 g/mol. The van der Waals surface area contributed by atoms with Crippen LogP contribution in [0.2, 0.25) is 0 Å². The highest BCUT2D eigenvalue weighted by molar-refractivity contribution is 5.97. The molecule has 0 amide bonds. The van der Waals surface area contributed by atoms with Gasteiger partial charge in [0.25, 0.3) is 0 Å². The smallest absolute Gasteiger partial charge is 0.169 e. The molecule has 0 bridgehead atoms. The second-order valence-corrected chi connectivity index (χ2v) is 3.52. The van der Waals surface area contributed by atoms with Crippen molar-refractivity contribution in [1.82, 2.24) is 9.97 Å². The molecular weight excluding hydrogens is 164 g/mol. The third-order valence-electron chi connectivity index (χ3n) is 2.26. The average molecular weight is 178 g/mol. The third kappa shape index (κ3) is 2.34. The lowest BCUT2D eigenvalue weighted by molar-refractivity contribution is 0.0899. The summed E-state index contributed by atoms with van der Waals surface area (Å²) in [7, 11) is 0. The molecule has 1 aromatic heterocycles. The van der Waals surface area contributed by atoms with Gasteiger partial charge in [0, 0.05) is 18.3 Å². The SMILES string of the molecule is CC(C)[C@@H](C)C(=O)c1cncnc1. The molecular formula is C10H14N2O. The van der Waals surface area contributed by atoms with Crippen molar-refractivity contribution >= 4 is 5.78 Å². The first-order valence-corrected chi connectivity index (χ1v) is 4.42. The maximum absolute atomic E-state index is 11.7. The Morgan fingerprint density at radius 3 is 2.23 bits per heavy atom. The number of Topliss-reactive ketones (excluding diaryl/α,β-unsaturated/α-hetero) is 1. The van der Waals surface area contributed by atoms with Crippen LogP contribution >= 0.6 is 0 Å². The molecule has 0 saturated carbocycles. The van der Waals surface area contributed by atoms with Crippen LogP contribution in [0.25, 0.3) is 0 Å². The van der Waals surface area contributed by atoms with Gasteiger partial charge in [-0.15, -0.1) is 0 Å². The largest absolute Gasteiger partial charge is 0.294 e. The van der Waals surface area contributed by atoms with Gasteiger partial charge >= 0.3 is 0 Å². The number of aromatic nitrogens is 2. The number of carbonyl (C=O) groups is 1. The van der Waals surface area contributed by atoms with Crippen molar-refractivity contribution in [2.24, 2.45) is 11.8 Å². The van der Waals surface area contributed by atoms with Crippen molar-refractivity contribution in [3.63, 3.8) is 0 Å². The Hall–Kier alpha value is -1.25. The summed E-state index contributed by atoms with van der Waals surface area (Å²) in [5.74, 6) is 0.509. The van der Waals surface area contributed by atoms with E-state index in [1.807, 2.05) is 20.8 Å². The summed E-state index contributed by atoms with van der Waals surface area (Å²) < 4.78 is 0. The second-order valence-electron chi connectivity index (χ2n) is 3.52. The molecule has 0 fully saturated rings. The summed E-state index contributed by atoms with van der Waals surface area (Å²) in [5.41, 5.74) is 0.601. The predicted octanol–water partition coefficient (Wildman–Crippen LogP) is 1.95. The molecule has 0 aliphatic carbocycles. The van der Waals surface area contributed by atoms with Gasteiger partial charge < -0.3 is 0 Å². The Bertz CT molecular complexity index is 282. The van der Waals surface area contributed by atoms with Crippen molar-refractivity contribution in [2.45, 2.75) is 20.8 Å². The number of hydrogen-bond acceptors (Lipinski definition) is 3. The van der Waals surface area contributed by atoms with Crippen LogP contribution in [0.4, 0.5) is 0 Å². The zero-order chi connectivity index (χ0) is 9.84. The summed E-state index contributed by atoms with van der Waals surface area (Å²) in [6, 6.07) is 0. The fourth-order valence-electron chi connectivity index (χ4n) is 0.992. The first-order valence-electron chi connectivity index (χ1n) is 4.42. The molecule has 1 aromatic rings. The van der Waals surface area contributed by atoms with E-state index >= 15 is 0 Å². The summed E-state index contributed by atoms with van der Waals surface area (Å²) in [6.45, 7) is 6.00. The van der Waals surface area contributed by atoms with E-state index in [9.17, 15) is 4.79 Å². The second kappa shape index (κ2) is 4.12. The van der Waals surface area contributed by atoms with E-state index in [0.29, 0.717) is 11.5 Å². The van der Waals surface area contributed by atoms with Gasteiger partial charge in [0.2, 0.25) is 0 Å². The molecule has 0 aliphatic heterocycles. The minimum absolute atomic E-state index is 0.0333. The molecule has 3 heteroatoms. The Kier molecular flexibility index (Phi) is 3.12. The summed E-state index contributed by atoms with van der Waals surface area (Å²) in [4.78, 5) is 19.3. The molecule has 13 heavy (non-hydrogen) atoms. The number of nitrogens with zero attached hydrogens (tertiary/aromatic N) is 2. The third-order valence-corrected chi connectivity index (χ3v) is 2.26. The van der Waals surface area contributed by atoms with E-state index in [-0.39, 0.29) is 11.7 Å². The molecule has 0 spiro atoms. The quantitative estimate of drug-likeness (QED) is 0.664. The minimum atomic E-state index is 0.0333. The van der Waals surface area contributed by atoms with Gasteiger partial charge in [-0.2, -0.15) is 0 Å². The minimum Gasteiger partial charge on any atom is -0.294 e.